The molecule has 1 fully saturated rings. The van der Waals surface area contributed by atoms with Gasteiger partial charge in [0.1, 0.15) is 5.60 Å². The minimum absolute atomic E-state index is 0.247. The van der Waals surface area contributed by atoms with Crippen molar-refractivity contribution in [1.82, 2.24) is 4.90 Å². The number of ether oxygens (including phenoxy) is 1. The Labute approximate surface area is 101 Å². The first kappa shape index (κ1) is 13.3. The number of carbonyl (C=O) groups is 2. The summed E-state index contributed by atoms with van der Waals surface area (Å²) in [5.74, 6) is -0.247. The van der Waals surface area contributed by atoms with E-state index in [4.69, 9.17) is 16.3 Å². The maximum atomic E-state index is 11.7. The van der Waals surface area contributed by atoms with E-state index in [0.717, 1.165) is 12.8 Å². The number of hydrogen-bond acceptors (Lipinski definition) is 3. The van der Waals surface area contributed by atoms with E-state index in [-0.39, 0.29) is 17.3 Å². The molecule has 1 saturated heterocycles. The quantitative estimate of drug-likeness (QED) is 0.669. The first-order valence-corrected chi connectivity index (χ1v) is 5.84. The average Bonchev–Trinajstić information content (AvgIpc) is 2.15. The molecular weight excluding hydrogens is 230 g/mol. The fraction of sp³-hybridized carbons (Fsp3) is 0.818. The molecule has 0 aromatic carbocycles. The largest absolute Gasteiger partial charge is 0.444 e. The Morgan fingerprint density at radius 3 is 2.50 bits per heavy atom. The lowest BCUT2D eigenvalue weighted by Gasteiger charge is -2.32. The summed E-state index contributed by atoms with van der Waals surface area (Å²) in [6, 6.07) is 0. The first-order chi connectivity index (χ1) is 7.29. The van der Waals surface area contributed by atoms with Crippen LogP contribution < -0.4 is 0 Å². The summed E-state index contributed by atoms with van der Waals surface area (Å²) in [4.78, 5) is 24.3. The second-order valence-corrected chi connectivity index (χ2v) is 5.44. The van der Waals surface area contributed by atoms with E-state index < -0.39 is 5.60 Å². The summed E-state index contributed by atoms with van der Waals surface area (Å²) in [5, 5.41) is -0.367. The summed E-state index contributed by atoms with van der Waals surface area (Å²) >= 11 is 5.44. The summed E-state index contributed by atoms with van der Waals surface area (Å²) < 4.78 is 5.24. The molecule has 0 radical (unpaired) electrons. The summed E-state index contributed by atoms with van der Waals surface area (Å²) in [7, 11) is 0. The van der Waals surface area contributed by atoms with Crippen LogP contribution in [0.4, 0.5) is 4.79 Å². The lowest BCUT2D eigenvalue weighted by atomic mass is 10.00. The zero-order valence-corrected chi connectivity index (χ0v) is 10.7. The molecule has 5 heteroatoms. The molecule has 0 saturated carbocycles. The molecule has 1 atom stereocenters. The Hall–Kier alpha value is -0.770. The number of amides is 1. The van der Waals surface area contributed by atoms with Crippen molar-refractivity contribution >= 4 is 22.9 Å². The molecular formula is C11H18ClNO3. The third kappa shape index (κ3) is 4.00. The Balaban J connectivity index is 2.54. The van der Waals surface area contributed by atoms with Gasteiger partial charge in [-0.3, -0.25) is 4.79 Å². The Kier molecular flexibility index (Phi) is 4.19. The SMILES string of the molecule is CC(C)(C)OC(=O)N1CCCC(C(=O)Cl)C1. The lowest BCUT2D eigenvalue weighted by Crippen LogP contribution is -2.44. The van der Waals surface area contributed by atoms with Gasteiger partial charge in [-0.2, -0.15) is 0 Å². The van der Waals surface area contributed by atoms with Crippen molar-refractivity contribution in [3.8, 4) is 0 Å². The van der Waals surface area contributed by atoms with Crippen LogP contribution in [0.3, 0.4) is 0 Å². The van der Waals surface area contributed by atoms with Crippen molar-refractivity contribution in [2.75, 3.05) is 13.1 Å². The third-order valence-electron chi connectivity index (χ3n) is 2.39. The molecule has 0 aromatic rings. The molecule has 92 valence electrons. The lowest BCUT2D eigenvalue weighted by molar-refractivity contribution is -0.116. The molecule has 1 unspecified atom stereocenters. The van der Waals surface area contributed by atoms with Crippen molar-refractivity contribution in [2.24, 2.45) is 5.92 Å². The minimum Gasteiger partial charge on any atom is -0.444 e. The molecule has 1 heterocycles. The predicted octanol–water partition coefficient (Wildman–Crippen LogP) is 2.40. The van der Waals surface area contributed by atoms with Crippen molar-refractivity contribution in [1.29, 1.82) is 0 Å². The molecule has 1 rings (SSSR count). The van der Waals surface area contributed by atoms with Gasteiger partial charge in [0.25, 0.3) is 0 Å². The summed E-state index contributed by atoms with van der Waals surface area (Å²) in [6.45, 7) is 6.46. The predicted molar refractivity (Wildman–Crippen MR) is 61.4 cm³/mol. The van der Waals surface area contributed by atoms with Crippen LogP contribution in [0, 0.1) is 5.92 Å². The van der Waals surface area contributed by atoms with Gasteiger partial charge in [-0.15, -0.1) is 0 Å². The van der Waals surface area contributed by atoms with E-state index in [1.54, 1.807) is 4.90 Å². The molecule has 1 aliphatic heterocycles. The maximum Gasteiger partial charge on any atom is 0.410 e. The zero-order valence-electron chi connectivity index (χ0n) is 9.96. The second kappa shape index (κ2) is 5.04. The Bertz CT molecular complexity index is 285. The van der Waals surface area contributed by atoms with Gasteiger partial charge in [0, 0.05) is 13.1 Å². The van der Waals surface area contributed by atoms with Gasteiger partial charge in [-0.1, -0.05) is 0 Å². The van der Waals surface area contributed by atoms with E-state index in [1.165, 1.54) is 0 Å². The first-order valence-electron chi connectivity index (χ1n) is 5.47. The van der Waals surface area contributed by atoms with Crippen LogP contribution in [-0.4, -0.2) is 34.9 Å². The normalized spacial score (nSPS) is 21.8. The molecule has 0 aromatic heterocycles. The van der Waals surface area contributed by atoms with Crippen LogP contribution in [-0.2, 0) is 9.53 Å². The smallest absolute Gasteiger partial charge is 0.410 e. The van der Waals surface area contributed by atoms with Gasteiger partial charge in [0.15, 0.2) is 0 Å². The number of rotatable bonds is 1. The monoisotopic (exact) mass is 247 g/mol. The standard InChI is InChI=1S/C11H18ClNO3/c1-11(2,3)16-10(15)13-6-4-5-8(7-13)9(12)14/h8H,4-7H2,1-3H3. The highest BCUT2D eigenvalue weighted by atomic mass is 35.5. The van der Waals surface area contributed by atoms with Crippen molar-refractivity contribution in [3.63, 3.8) is 0 Å². The van der Waals surface area contributed by atoms with Gasteiger partial charge >= 0.3 is 6.09 Å². The van der Waals surface area contributed by atoms with Gasteiger partial charge in [-0.25, -0.2) is 4.79 Å². The van der Waals surface area contributed by atoms with E-state index in [9.17, 15) is 9.59 Å². The number of nitrogens with zero attached hydrogens (tertiary/aromatic N) is 1. The average molecular weight is 248 g/mol. The fourth-order valence-corrected chi connectivity index (χ4v) is 1.83. The summed E-state index contributed by atoms with van der Waals surface area (Å²) in [6.07, 6.45) is 1.18. The zero-order chi connectivity index (χ0) is 12.3. The van der Waals surface area contributed by atoms with Crippen LogP contribution >= 0.6 is 11.6 Å². The molecule has 0 bridgehead atoms. The summed E-state index contributed by atoms with van der Waals surface area (Å²) in [5.41, 5.74) is -0.505. The van der Waals surface area contributed by atoms with Crippen LogP contribution in [0.2, 0.25) is 0 Å². The molecule has 1 aliphatic rings. The number of carbonyl (C=O) groups excluding carboxylic acids is 2. The van der Waals surface area contributed by atoms with Gasteiger partial charge < -0.3 is 9.64 Å². The van der Waals surface area contributed by atoms with Crippen molar-refractivity contribution < 1.29 is 14.3 Å². The van der Waals surface area contributed by atoms with Crippen molar-refractivity contribution in [2.45, 2.75) is 39.2 Å². The van der Waals surface area contributed by atoms with Gasteiger partial charge in [0.2, 0.25) is 5.24 Å². The topological polar surface area (TPSA) is 46.6 Å². The molecule has 0 N–H and O–H groups in total. The molecule has 4 nitrogen and oxygen atoms in total. The van der Waals surface area contributed by atoms with Crippen LogP contribution in [0.15, 0.2) is 0 Å². The highest BCUT2D eigenvalue weighted by Crippen LogP contribution is 2.20. The number of piperidine rings is 1. The van der Waals surface area contributed by atoms with Gasteiger partial charge in [0.05, 0.1) is 5.92 Å². The number of halogens is 1. The molecule has 1 amide bonds. The number of hydrogen-bond donors (Lipinski definition) is 0. The van der Waals surface area contributed by atoms with Crippen LogP contribution in [0.5, 0.6) is 0 Å². The molecule has 16 heavy (non-hydrogen) atoms. The van der Waals surface area contributed by atoms with Crippen molar-refractivity contribution in [3.05, 3.63) is 0 Å². The highest BCUT2D eigenvalue weighted by Gasteiger charge is 2.30. The second-order valence-electron chi connectivity index (χ2n) is 5.07. The van der Waals surface area contributed by atoms with Gasteiger partial charge in [-0.05, 0) is 45.2 Å². The van der Waals surface area contributed by atoms with E-state index >= 15 is 0 Å². The van der Waals surface area contributed by atoms with E-state index in [1.807, 2.05) is 20.8 Å². The minimum atomic E-state index is -0.505. The maximum absolute atomic E-state index is 11.7. The Morgan fingerprint density at radius 1 is 1.38 bits per heavy atom. The van der Waals surface area contributed by atoms with E-state index in [2.05, 4.69) is 0 Å². The molecule has 0 spiro atoms. The highest BCUT2D eigenvalue weighted by molar-refractivity contribution is 6.64. The van der Waals surface area contributed by atoms with E-state index in [0.29, 0.717) is 13.1 Å². The third-order valence-corrected chi connectivity index (χ3v) is 2.70. The van der Waals surface area contributed by atoms with Crippen LogP contribution in [0.1, 0.15) is 33.6 Å². The Morgan fingerprint density at radius 2 is 2.00 bits per heavy atom. The number of likely N-dealkylation sites (tertiary alicyclic amines) is 1. The van der Waals surface area contributed by atoms with Crippen LogP contribution in [0.25, 0.3) is 0 Å². The molecule has 0 aliphatic carbocycles. The fourth-order valence-electron chi connectivity index (χ4n) is 1.65.